The molecule has 31 heavy (non-hydrogen) atoms. The van der Waals surface area contributed by atoms with E-state index in [-0.39, 0.29) is 27.4 Å². The van der Waals surface area contributed by atoms with E-state index in [0.29, 0.717) is 13.1 Å². The summed E-state index contributed by atoms with van der Waals surface area (Å²) in [6, 6.07) is 14.3. The van der Waals surface area contributed by atoms with Crippen LogP contribution in [0.4, 0.5) is 0 Å². The lowest BCUT2D eigenvalue weighted by atomic mass is 10.2. The predicted octanol–water partition coefficient (Wildman–Crippen LogP) is 3.47. The smallest absolute Gasteiger partial charge is 0.244 e. The van der Waals surface area contributed by atoms with Crippen molar-refractivity contribution >= 4 is 45.2 Å². The van der Waals surface area contributed by atoms with Gasteiger partial charge < -0.3 is 4.90 Å². The minimum Gasteiger partial charge on any atom is -0.339 e. The molecule has 1 heterocycles. The van der Waals surface area contributed by atoms with Gasteiger partial charge in [-0.25, -0.2) is 8.42 Å². The third-order valence-electron chi connectivity index (χ3n) is 5.14. The van der Waals surface area contributed by atoms with Crippen LogP contribution >= 0.6 is 23.2 Å². The number of nitrogens with zero attached hydrogens (tertiary/aromatic N) is 3. The van der Waals surface area contributed by atoms with E-state index in [4.69, 9.17) is 23.2 Å². The second kappa shape index (κ2) is 10.6. The highest BCUT2D eigenvalue weighted by atomic mass is 35.5. The topological polar surface area (TPSA) is 60.9 Å². The van der Waals surface area contributed by atoms with Crippen LogP contribution in [0, 0.1) is 0 Å². The van der Waals surface area contributed by atoms with Crippen molar-refractivity contribution in [3.63, 3.8) is 0 Å². The largest absolute Gasteiger partial charge is 0.339 e. The summed E-state index contributed by atoms with van der Waals surface area (Å²) in [4.78, 5) is 16.5. The van der Waals surface area contributed by atoms with Crippen molar-refractivity contribution in [2.75, 3.05) is 46.3 Å². The molecule has 1 saturated heterocycles. The molecule has 9 heteroatoms. The molecule has 0 aromatic heterocycles. The zero-order valence-electron chi connectivity index (χ0n) is 17.2. The van der Waals surface area contributed by atoms with E-state index in [0.717, 1.165) is 29.5 Å². The first-order valence-corrected chi connectivity index (χ1v) is 12.1. The summed E-state index contributed by atoms with van der Waals surface area (Å²) in [6.07, 6.45) is 4.19. The molecule has 0 saturated carbocycles. The quantitative estimate of drug-likeness (QED) is 0.607. The van der Waals surface area contributed by atoms with Gasteiger partial charge in [-0.05, 0) is 23.8 Å². The zero-order valence-corrected chi connectivity index (χ0v) is 19.6. The third kappa shape index (κ3) is 6.30. The van der Waals surface area contributed by atoms with Crippen LogP contribution in [0.25, 0.3) is 6.08 Å². The molecule has 166 valence electrons. The van der Waals surface area contributed by atoms with Gasteiger partial charge in [-0.1, -0.05) is 65.7 Å². The highest BCUT2D eigenvalue weighted by molar-refractivity contribution is 7.89. The van der Waals surface area contributed by atoms with Crippen molar-refractivity contribution in [1.29, 1.82) is 0 Å². The summed E-state index contributed by atoms with van der Waals surface area (Å²) < 4.78 is 26.6. The molecular formula is C22H25Cl2N3O3S. The van der Waals surface area contributed by atoms with Gasteiger partial charge in [-0.3, -0.25) is 9.69 Å². The number of likely N-dealkylation sites (N-methyl/N-ethyl adjacent to an activating group) is 1. The summed E-state index contributed by atoms with van der Waals surface area (Å²) >= 11 is 11.9. The number of benzene rings is 2. The fraction of sp³-hybridized carbons (Fsp3) is 0.318. The molecule has 0 N–H and O–H groups in total. The average Bonchev–Trinajstić information content (AvgIpc) is 2.76. The number of piperazine rings is 1. The molecule has 1 aliphatic rings. The van der Waals surface area contributed by atoms with E-state index in [2.05, 4.69) is 17.1 Å². The number of carbonyl (C=O) groups is 1. The maximum Gasteiger partial charge on any atom is 0.244 e. The molecule has 0 spiro atoms. The second-order valence-corrected chi connectivity index (χ2v) is 10.2. The first-order valence-electron chi connectivity index (χ1n) is 9.90. The molecule has 0 bridgehead atoms. The van der Waals surface area contributed by atoms with Crippen LogP contribution in [0.3, 0.4) is 0 Å². The van der Waals surface area contributed by atoms with Crippen LogP contribution < -0.4 is 0 Å². The highest BCUT2D eigenvalue weighted by Gasteiger charge is 2.28. The fourth-order valence-electron chi connectivity index (χ4n) is 3.30. The van der Waals surface area contributed by atoms with E-state index in [1.165, 1.54) is 25.2 Å². The van der Waals surface area contributed by atoms with Gasteiger partial charge in [0.15, 0.2) is 0 Å². The molecule has 0 radical (unpaired) electrons. The van der Waals surface area contributed by atoms with Gasteiger partial charge in [0.05, 0.1) is 11.6 Å². The van der Waals surface area contributed by atoms with Crippen LogP contribution in [0.5, 0.6) is 0 Å². The van der Waals surface area contributed by atoms with E-state index < -0.39 is 10.0 Å². The minimum absolute atomic E-state index is 0.0703. The lowest BCUT2D eigenvalue weighted by Gasteiger charge is -2.34. The Kier molecular flexibility index (Phi) is 8.13. The molecule has 6 nitrogen and oxygen atoms in total. The summed E-state index contributed by atoms with van der Waals surface area (Å²) in [5, 5.41) is 0.334. The zero-order chi connectivity index (χ0) is 22.4. The lowest BCUT2D eigenvalue weighted by Crippen LogP contribution is -2.51. The number of hydrogen-bond donors (Lipinski definition) is 0. The van der Waals surface area contributed by atoms with Gasteiger partial charge in [0.1, 0.15) is 4.90 Å². The van der Waals surface area contributed by atoms with Crippen molar-refractivity contribution in [2.45, 2.75) is 4.90 Å². The van der Waals surface area contributed by atoms with E-state index in [9.17, 15) is 13.2 Å². The third-order valence-corrected chi connectivity index (χ3v) is 7.66. The number of hydrogen-bond acceptors (Lipinski definition) is 4. The van der Waals surface area contributed by atoms with Crippen LogP contribution in [0.2, 0.25) is 10.0 Å². The number of carbonyl (C=O) groups excluding carboxylic acids is 1. The number of amides is 1. The second-order valence-electron chi connectivity index (χ2n) is 7.33. The maximum absolute atomic E-state index is 12.8. The number of rotatable bonds is 7. The van der Waals surface area contributed by atoms with E-state index in [1.807, 2.05) is 30.3 Å². The van der Waals surface area contributed by atoms with Crippen molar-refractivity contribution in [3.05, 3.63) is 70.2 Å². The summed E-state index contributed by atoms with van der Waals surface area (Å²) in [7, 11) is -2.56. The molecule has 0 unspecified atom stereocenters. The maximum atomic E-state index is 12.8. The SMILES string of the molecule is CN(CC(=O)N1CCN(C/C=C/c2ccccc2)CC1)S(=O)(=O)c1cc(Cl)ccc1Cl. The van der Waals surface area contributed by atoms with Crippen molar-refractivity contribution in [1.82, 2.24) is 14.1 Å². The van der Waals surface area contributed by atoms with Gasteiger partial charge in [0.2, 0.25) is 15.9 Å². The molecule has 2 aromatic carbocycles. The molecule has 3 rings (SSSR count). The first-order chi connectivity index (χ1) is 14.8. The van der Waals surface area contributed by atoms with Gasteiger partial charge in [0.25, 0.3) is 0 Å². The Morgan fingerprint density at radius 2 is 1.74 bits per heavy atom. The number of sulfonamides is 1. The molecule has 1 fully saturated rings. The van der Waals surface area contributed by atoms with Gasteiger partial charge in [-0.15, -0.1) is 0 Å². The molecule has 2 aromatic rings. The van der Waals surface area contributed by atoms with Gasteiger partial charge in [-0.2, -0.15) is 4.31 Å². The monoisotopic (exact) mass is 481 g/mol. The van der Waals surface area contributed by atoms with E-state index >= 15 is 0 Å². The Hall–Kier alpha value is -1.90. The van der Waals surface area contributed by atoms with Crippen molar-refractivity contribution in [3.8, 4) is 0 Å². The minimum atomic E-state index is -3.93. The van der Waals surface area contributed by atoms with Crippen molar-refractivity contribution < 1.29 is 13.2 Å². The average molecular weight is 482 g/mol. The van der Waals surface area contributed by atoms with Gasteiger partial charge in [0, 0.05) is 44.8 Å². The van der Waals surface area contributed by atoms with Gasteiger partial charge >= 0.3 is 0 Å². The molecule has 0 aliphatic carbocycles. The van der Waals surface area contributed by atoms with E-state index in [1.54, 1.807) is 4.90 Å². The Morgan fingerprint density at radius 1 is 1.06 bits per heavy atom. The molecule has 1 aliphatic heterocycles. The van der Waals surface area contributed by atoms with Crippen LogP contribution in [0.15, 0.2) is 59.5 Å². The van der Waals surface area contributed by atoms with Crippen LogP contribution in [-0.4, -0.2) is 74.7 Å². The Balaban J connectivity index is 1.51. The summed E-state index contributed by atoms with van der Waals surface area (Å²) in [5.41, 5.74) is 1.15. The Labute approximate surface area is 193 Å². The van der Waals surface area contributed by atoms with Crippen LogP contribution in [0.1, 0.15) is 5.56 Å². The predicted molar refractivity (Wildman–Crippen MR) is 125 cm³/mol. The molecule has 1 amide bonds. The summed E-state index contributed by atoms with van der Waals surface area (Å²) in [5.74, 6) is -0.233. The standard InChI is InChI=1S/C22H25Cl2N3O3S/c1-25(31(29,30)21-16-19(23)9-10-20(21)24)17-22(28)27-14-12-26(13-15-27)11-5-8-18-6-3-2-4-7-18/h2-10,16H,11-15,17H2,1H3/b8-5+. The van der Waals surface area contributed by atoms with Crippen LogP contribution in [-0.2, 0) is 14.8 Å². The molecular weight excluding hydrogens is 457 g/mol. The number of halogens is 2. The Bertz CT molecular complexity index is 1040. The first kappa shape index (κ1) is 23.8. The highest BCUT2D eigenvalue weighted by Crippen LogP contribution is 2.27. The Morgan fingerprint density at radius 3 is 2.42 bits per heavy atom. The normalized spacial score (nSPS) is 15.7. The molecule has 0 atom stereocenters. The van der Waals surface area contributed by atoms with Crippen molar-refractivity contribution in [2.24, 2.45) is 0 Å². The summed E-state index contributed by atoms with van der Waals surface area (Å²) in [6.45, 7) is 3.15. The fourth-order valence-corrected chi connectivity index (χ4v) is 5.15. The lowest BCUT2D eigenvalue weighted by molar-refractivity contribution is -0.132.